The number of amides is 2. The SMILES string of the molecule is CN1CCCC1ON1C(=O)CCC1=O. The van der Waals surface area contributed by atoms with Crippen LogP contribution in [0.15, 0.2) is 0 Å². The molecule has 0 aliphatic carbocycles. The summed E-state index contributed by atoms with van der Waals surface area (Å²) in [6.45, 7) is 0.959. The Hall–Kier alpha value is -0.940. The number of hydrogen-bond donors (Lipinski definition) is 0. The van der Waals surface area contributed by atoms with Gasteiger partial charge in [-0.15, -0.1) is 0 Å². The maximum absolute atomic E-state index is 11.2. The second kappa shape index (κ2) is 3.67. The Morgan fingerprint density at radius 1 is 1.29 bits per heavy atom. The molecule has 2 fully saturated rings. The second-order valence-corrected chi connectivity index (χ2v) is 3.76. The molecule has 5 heteroatoms. The summed E-state index contributed by atoms with van der Waals surface area (Å²) in [5, 5.41) is 0.937. The van der Waals surface area contributed by atoms with Crippen LogP contribution >= 0.6 is 0 Å². The lowest BCUT2D eigenvalue weighted by molar-refractivity contribution is -0.218. The summed E-state index contributed by atoms with van der Waals surface area (Å²) in [7, 11) is 1.93. The fourth-order valence-electron chi connectivity index (χ4n) is 1.81. The zero-order valence-electron chi connectivity index (χ0n) is 8.23. The van der Waals surface area contributed by atoms with E-state index in [2.05, 4.69) is 0 Å². The number of imide groups is 1. The molecule has 2 aliphatic heterocycles. The van der Waals surface area contributed by atoms with Crippen molar-refractivity contribution < 1.29 is 14.4 Å². The molecule has 2 amide bonds. The molecular formula is C9H14N2O3. The normalized spacial score (nSPS) is 29.2. The molecule has 5 nitrogen and oxygen atoms in total. The van der Waals surface area contributed by atoms with Crippen molar-refractivity contribution in [1.29, 1.82) is 0 Å². The van der Waals surface area contributed by atoms with E-state index < -0.39 is 0 Å². The van der Waals surface area contributed by atoms with Crippen molar-refractivity contribution >= 4 is 11.8 Å². The predicted octanol–water partition coefficient (Wildman–Crippen LogP) is 0.119. The van der Waals surface area contributed by atoms with Gasteiger partial charge < -0.3 is 0 Å². The average molecular weight is 198 g/mol. The van der Waals surface area contributed by atoms with Crippen LogP contribution in [0.4, 0.5) is 0 Å². The quantitative estimate of drug-likeness (QED) is 0.591. The van der Waals surface area contributed by atoms with E-state index in [1.54, 1.807) is 0 Å². The molecule has 1 atom stereocenters. The van der Waals surface area contributed by atoms with Gasteiger partial charge in [-0.1, -0.05) is 0 Å². The third-order valence-corrected chi connectivity index (χ3v) is 2.69. The molecule has 1 unspecified atom stereocenters. The lowest BCUT2D eigenvalue weighted by atomic mass is 10.4. The van der Waals surface area contributed by atoms with Gasteiger partial charge in [-0.25, -0.2) is 4.84 Å². The van der Waals surface area contributed by atoms with Crippen molar-refractivity contribution in [2.75, 3.05) is 13.6 Å². The first kappa shape index (κ1) is 9.61. The maximum atomic E-state index is 11.2. The minimum absolute atomic E-state index is 0.110. The molecule has 0 bridgehead atoms. The Labute approximate surface area is 82.6 Å². The average Bonchev–Trinajstić information content (AvgIpc) is 2.67. The molecule has 0 aromatic carbocycles. The van der Waals surface area contributed by atoms with Crippen LogP contribution in [0.2, 0.25) is 0 Å². The first-order valence-electron chi connectivity index (χ1n) is 4.91. The van der Waals surface area contributed by atoms with Crippen LogP contribution in [0.25, 0.3) is 0 Å². The minimum Gasteiger partial charge on any atom is -0.279 e. The number of likely N-dealkylation sites (tertiary alicyclic amines) is 1. The van der Waals surface area contributed by atoms with E-state index >= 15 is 0 Å². The van der Waals surface area contributed by atoms with E-state index in [-0.39, 0.29) is 30.9 Å². The number of rotatable bonds is 2. The van der Waals surface area contributed by atoms with Crippen molar-refractivity contribution in [1.82, 2.24) is 9.96 Å². The summed E-state index contributed by atoms with van der Waals surface area (Å²) in [4.78, 5) is 29.9. The largest absolute Gasteiger partial charge is 0.279 e. The molecule has 0 aromatic rings. The van der Waals surface area contributed by atoms with Gasteiger partial charge in [0.05, 0.1) is 0 Å². The Morgan fingerprint density at radius 2 is 1.93 bits per heavy atom. The van der Waals surface area contributed by atoms with Gasteiger partial charge in [0, 0.05) is 19.4 Å². The molecule has 0 N–H and O–H groups in total. The molecular weight excluding hydrogens is 184 g/mol. The monoisotopic (exact) mass is 198 g/mol. The molecule has 2 rings (SSSR count). The van der Waals surface area contributed by atoms with E-state index in [1.807, 2.05) is 11.9 Å². The van der Waals surface area contributed by atoms with Crippen LogP contribution in [0, 0.1) is 0 Å². The van der Waals surface area contributed by atoms with Gasteiger partial charge >= 0.3 is 0 Å². The summed E-state index contributed by atoms with van der Waals surface area (Å²) < 4.78 is 0. The van der Waals surface area contributed by atoms with Gasteiger partial charge in [0.2, 0.25) is 0 Å². The summed E-state index contributed by atoms with van der Waals surface area (Å²) in [6, 6.07) is 0. The molecule has 0 saturated carbocycles. The molecule has 78 valence electrons. The van der Waals surface area contributed by atoms with Crippen LogP contribution in [0.5, 0.6) is 0 Å². The first-order valence-corrected chi connectivity index (χ1v) is 4.91. The van der Waals surface area contributed by atoms with Gasteiger partial charge in [0.1, 0.15) is 6.23 Å². The van der Waals surface area contributed by atoms with Gasteiger partial charge in [-0.05, 0) is 19.9 Å². The van der Waals surface area contributed by atoms with Crippen molar-refractivity contribution in [3.8, 4) is 0 Å². The van der Waals surface area contributed by atoms with Gasteiger partial charge in [0.25, 0.3) is 11.8 Å². The van der Waals surface area contributed by atoms with Gasteiger partial charge in [0.15, 0.2) is 0 Å². The molecule has 0 radical (unpaired) electrons. The maximum Gasteiger partial charge on any atom is 0.254 e. The number of hydrogen-bond acceptors (Lipinski definition) is 4. The van der Waals surface area contributed by atoms with E-state index in [0.717, 1.165) is 24.4 Å². The molecule has 14 heavy (non-hydrogen) atoms. The minimum atomic E-state index is -0.213. The number of hydroxylamine groups is 2. The highest BCUT2D eigenvalue weighted by atomic mass is 16.7. The number of carbonyl (C=O) groups excluding carboxylic acids is 2. The standard InChI is InChI=1S/C9H14N2O3/c1-10-6-2-3-9(10)14-11-7(12)4-5-8(11)13/h9H,2-6H2,1H3. The fraction of sp³-hybridized carbons (Fsp3) is 0.778. The lowest BCUT2D eigenvalue weighted by Gasteiger charge is -2.23. The summed E-state index contributed by atoms with van der Waals surface area (Å²) in [6.07, 6.45) is 2.40. The van der Waals surface area contributed by atoms with Crippen molar-refractivity contribution in [2.24, 2.45) is 0 Å². The zero-order valence-corrected chi connectivity index (χ0v) is 8.23. The number of nitrogens with zero attached hydrogens (tertiary/aromatic N) is 2. The third kappa shape index (κ3) is 1.65. The lowest BCUT2D eigenvalue weighted by Crippen LogP contribution is -2.38. The van der Waals surface area contributed by atoms with E-state index in [0.29, 0.717) is 0 Å². The molecule has 0 spiro atoms. The highest BCUT2D eigenvalue weighted by molar-refractivity contribution is 6.00. The van der Waals surface area contributed by atoms with Gasteiger partial charge in [-0.2, -0.15) is 5.06 Å². The number of carbonyl (C=O) groups is 2. The summed E-state index contributed by atoms with van der Waals surface area (Å²) in [5.74, 6) is -0.425. The zero-order chi connectivity index (χ0) is 10.1. The third-order valence-electron chi connectivity index (χ3n) is 2.69. The highest BCUT2D eigenvalue weighted by Crippen LogP contribution is 2.20. The predicted molar refractivity (Wildman–Crippen MR) is 47.8 cm³/mol. The molecule has 2 aliphatic rings. The topological polar surface area (TPSA) is 49.9 Å². The molecule has 0 aromatic heterocycles. The Balaban J connectivity index is 1.96. The van der Waals surface area contributed by atoms with Crippen LogP contribution in [0.3, 0.4) is 0 Å². The van der Waals surface area contributed by atoms with Gasteiger partial charge in [-0.3, -0.25) is 14.5 Å². The van der Waals surface area contributed by atoms with Crippen LogP contribution in [-0.2, 0) is 14.4 Å². The summed E-state index contributed by atoms with van der Waals surface area (Å²) >= 11 is 0. The van der Waals surface area contributed by atoms with Crippen LogP contribution < -0.4 is 0 Å². The smallest absolute Gasteiger partial charge is 0.254 e. The Bertz CT molecular complexity index is 251. The van der Waals surface area contributed by atoms with Crippen molar-refractivity contribution in [2.45, 2.75) is 31.9 Å². The van der Waals surface area contributed by atoms with Crippen molar-refractivity contribution in [3.05, 3.63) is 0 Å². The Morgan fingerprint density at radius 3 is 2.43 bits per heavy atom. The van der Waals surface area contributed by atoms with E-state index in [1.165, 1.54) is 0 Å². The van der Waals surface area contributed by atoms with E-state index in [9.17, 15) is 9.59 Å². The fourth-order valence-corrected chi connectivity index (χ4v) is 1.81. The highest BCUT2D eigenvalue weighted by Gasteiger charge is 2.34. The summed E-state index contributed by atoms with van der Waals surface area (Å²) in [5.41, 5.74) is 0. The van der Waals surface area contributed by atoms with Crippen molar-refractivity contribution in [3.63, 3.8) is 0 Å². The molecule has 2 heterocycles. The first-order chi connectivity index (χ1) is 6.68. The van der Waals surface area contributed by atoms with Crippen LogP contribution in [-0.4, -0.2) is 41.6 Å². The second-order valence-electron chi connectivity index (χ2n) is 3.76. The molecule has 2 saturated heterocycles. The van der Waals surface area contributed by atoms with E-state index in [4.69, 9.17) is 4.84 Å². The van der Waals surface area contributed by atoms with Crippen LogP contribution in [0.1, 0.15) is 25.7 Å². The Kier molecular flexibility index (Phi) is 2.52.